The molecule has 1 aliphatic carbocycles. The van der Waals surface area contributed by atoms with Crippen LogP contribution >= 0.6 is 0 Å². The number of rotatable bonds is 6. The zero-order chi connectivity index (χ0) is 12.0. The molecule has 0 atom stereocenters. The highest BCUT2D eigenvalue weighted by molar-refractivity contribution is 4.75. The van der Waals surface area contributed by atoms with Crippen molar-refractivity contribution in [2.75, 3.05) is 6.61 Å². The normalized spacial score (nSPS) is 27.0. The third-order valence-corrected chi connectivity index (χ3v) is 4.15. The van der Waals surface area contributed by atoms with Gasteiger partial charge in [-0.15, -0.1) is 0 Å². The molecule has 3 N–H and O–H groups in total. The van der Waals surface area contributed by atoms with E-state index in [-0.39, 0.29) is 0 Å². The lowest BCUT2D eigenvalue weighted by Gasteiger charge is -2.28. The smallest absolute Gasteiger partial charge is 0.0436 e. The molecule has 0 radical (unpaired) electrons. The van der Waals surface area contributed by atoms with Crippen LogP contribution in [-0.4, -0.2) is 17.8 Å². The van der Waals surface area contributed by atoms with Crippen LogP contribution in [0.4, 0.5) is 0 Å². The van der Waals surface area contributed by atoms with Gasteiger partial charge in [0.25, 0.3) is 0 Å². The van der Waals surface area contributed by atoms with Crippen molar-refractivity contribution in [1.82, 2.24) is 0 Å². The van der Waals surface area contributed by atoms with Gasteiger partial charge < -0.3 is 10.8 Å². The number of aliphatic hydroxyl groups is 1. The molecule has 1 rings (SSSR count). The van der Waals surface area contributed by atoms with Crippen LogP contribution in [0.15, 0.2) is 0 Å². The van der Waals surface area contributed by atoms with Gasteiger partial charge in [-0.25, -0.2) is 0 Å². The molecule has 0 amide bonds. The zero-order valence-electron chi connectivity index (χ0n) is 11.0. The first-order valence-electron chi connectivity index (χ1n) is 6.90. The summed E-state index contributed by atoms with van der Waals surface area (Å²) in [6.45, 7) is 4.85. The van der Waals surface area contributed by atoms with Crippen molar-refractivity contribution < 1.29 is 5.11 Å². The third kappa shape index (κ3) is 5.31. The fourth-order valence-electron chi connectivity index (χ4n) is 2.77. The molecule has 0 aromatic heterocycles. The fourth-order valence-corrected chi connectivity index (χ4v) is 2.77. The van der Waals surface area contributed by atoms with Gasteiger partial charge in [0.2, 0.25) is 0 Å². The molecule has 0 aromatic carbocycles. The Bertz CT molecular complexity index is 183. The van der Waals surface area contributed by atoms with Crippen LogP contribution in [0.1, 0.15) is 65.2 Å². The first kappa shape index (κ1) is 14.0. The van der Waals surface area contributed by atoms with Crippen LogP contribution in [-0.2, 0) is 0 Å². The van der Waals surface area contributed by atoms with Gasteiger partial charge in [-0.1, -0.05) is 26.7 Å². The number of aliphatic hydroxyl groups excluding tert-OH is 1. The standard InChI is InChI=1S/C14H29NO/c1-14(2,10-11-16)9-3-4-12-5-7-13(15)8-6-12/h12-13,16H,3-11,15H2,1-2H3. The molecular weight excluding hydrogens is 198 g/mol. The van der Waals surface area contributed by atoms with E-state index in [0.717, 1.165) is 12.3 Å². The number of hydrogen-bond acceptors (Lipinski definition) is 2. The van der Waals surface area contributed by atoms with Crippen molar-refractivity contribution in [2.24, 2.45) is 17.1 Å². The second kappa shape index (κ2) is 6.61. The van der Waals surface area contributed by atoms with Crippen molar-refractivity contribution in [1.29, 1.82) is 0 Å². The lowest BCUT2D eigenvalue weighted by Crippen LogP contribution is -2.26. The summed E-state index contributed by atoms with van der Waals surface area (Å²) in [5.41, 5.74) is 6.23. The van der Waals surface area contributed by atoms with E-state index in [1.165, 1.54) is 44.9 Å². The summed E-state index contributed by atoms with van der Waals surface area (Å²) in [6.07, 6.45) is 9.98. The van der Waals surface area contributed by atoms with Crippen molar-refractivity contribution in [3.05, 3.63) is 0 Å². The second-order valence-corrected chi connectivity index (χ2v) is 6.31. The van der Waals surface area contributed by atoms with Crippen molar-refractivity contribution >= 4 is 0 Å². The van der Waals surface area contributed by atoms with Gasteiger partial charge >= 0.3 is 0 Å². The van der Waals surface area contributed by atoms with Gasteiger partial charge in [0.05, 0.1) is 0 Å². The van der Waals surface area contributed by atoms with Crippen LogP contribution in [0.3, 0.4) is 0 Å². The lowest BCUT2D eigenvalue weighted by atomic mass is 9.79. The molecule has 16 heavy (non-hydrogen) atoms. The molecule has 0 spiro atoms. The Labute approximate surface area is 101 Å². The molecule has 2 heteroatoms. The minimum atomic E-state index is 0.319. The predicted molar refractivity (Wildman–Crippen MR) is 69.3 cm³/mol. The minimum Gasteiger partial charge on any atom is -0.396 e. The van der Waals surface area contributed by atoms with Gasteiger partial charge in [-0.05, 0) is 49.9 Å². The molecule has 96 valence electrons. The van der Waals surface area contributed by atoms with E-state index in [0.29, 0.717) is 18.1 Å². The molecule has 0 aliphatic heterocycles. The minimum absolute atomic E-state index is 0.319. The second-order valence-electron chi connectivity index (χ2n) is 6.31. The van der Waals surface area contributed by atoms with Crippen LogP contribution in [0.2, 0.25) is 0 Å². The van der Waals surface area contributed by atoms with Gasteiger partial charge in [0.1, 0.15) is 0 Å². The summed E-state index contributed by atoms with van der Waals surface area (Å²) in [4.78, 5) is 0. The molecule has 0 heterocycles. The molecule has 1 aliphatic rings. The maximum atomic E-state index is 8.97. The summed E-state index contributed by atoms with van der Waals surface area (Å²) >= 11 is 0. The van der Waals surface area contributed by atoms with Crippen molar-refractivity contribution in [3.63, 3.8) is 0 Å². The largest absolute Gasteiger partial charge is 0.396 e. The molecule has 1 saturated carbocycles. The Morgan fingerprint density at radius 1 is 1.12 bits per heavy atom. The Hall–Kier alpha value is -0.0800. The quantitative estimate of drug-likeness (QED) is 0.732. The molecule has 0 saturated heterocycles. The van der Waals surface area contributed by atoms with Gasteiger partial charge in [0, 0.05) is 12.6 Å². The van der Waals surface area contributed by atoms with Gasteiger partial charge in [-0.2, -0.15) is 0 Å². The van der Waals surface area contributed by atoms with Gasteiger partial charge in [-0.3, -0.25) is 0 Å². The average Bonchev–Trinajstić information content (AvgIpc) is 2.20. The molecule has 1 fully saturated rings. The van der Waals surface area contributed by atoms with E-state index in [2.05, 4.69) is 13.8 Å². The van der Waals surface area contributed by atoms with Crippen molar-refractivity contribution in [2.45, 2.75) is 71.3 Å². The Morgan fingerprint density at radius 3 is 2.31 bits per heavy atom. The predicted octanol–water partition coefficient (Wildman–Crippen LogP) is 3.08. The van der Waals surface area contributed by atoms with E-state index in [1.54, 1.807) is 0 Å². The first-order valence-corrected chi connectivity index (χ1v) is 6.90. The SMILES string of the molecule is CC(C)(CCO)CCCC1CCC(N)CC1. The first-order chi connectivity index (χ1) is 7.53. The highest BCUT2D eigenvalue weighted by Crippen LogP contribution is 2.31. The van der Waals surface area contributed by atoms with Gasteiger partial charge in [0.15, 0.2) is 0 Å². The van der Waals surface area contributed by atoms with E-state index in [4.69, 9.17) is 10.8 Å². The molecular formula is C14H29NO. The molecule has 0 aromatic rings. The summed E-state index contributed by atoms with van der Waals surface area (Å²) < 4.78 is 0. The summed E-state index contributed by atoms with van der Waals surface area (Å²) in [5.74, 6) is 0.921. The van der Waals surface area contributed by atoms with Crippen molar-refractivity contribution in [3.8, 4) is 0 Å². The lowest BCUT2D eigenvalue weighted by molar-refractivity contribution is 0.192. The Kier molecular flexibility index (Phi) is 5.77. The topological polar surface area (TPSA) is 46.2 Å². The summed E-state index contributed by atoms with van der Waals surface area (Å²) in [5, 5.41) is 8.97. The summed E-state index contributed by atoms with van der Waals surface area (Å²) in [7, 11) is 0. The highest BCUT2D eigenvalue weighted by atomic mass is 16.3. The monoisotopic (exact) mass is 227 g/mol. The third-order valence-electron chi connectivity index (χ3n) is 4.15. The molecule has 0 bridgehead atoms. The van der Waals surface area contributed by atoms with E-state index in [9.17, 15) is 0 Å². The van der Waals surface area contributed by atoms with E-state index < -0.39 is 0 Å². The number of hydrogen-bond donors (Lipinski definition) is 2. The van der Waals surface area contributed by atoms with E-state index in [1.807, 2.05) is 0 Å². The average molecular weight is 227 g/mol. The zero-order valence-corrected chi connectivity index (χ0v) is 11.0. The highest BCUT2D eigenvalue weighted by Gasteiger charge is 2.20. The maximum Gasteiger partial charge on any atom is 0.0436 e. The van der Waals surface area contributed by atoms with Crippen LogP contribution < -0.4 is 5.73 Å². The van der Waals surface area contributed by atoms with Crippen LogP contribution in [0, 0.1) is 11.3 Å². The molecule has 0 unspecified atom stereocenters. The van der Waals surface area contributed by atoms with E-state index >= 15 is 0 Å². The van der Waals surface area contributed by atoms with Crippen LogP contribution in [0.25, 0.3) is 0 Å². The number of nitrogens with two attached hydrogens (primary N) is 1. The summed E-state index contributed by atoms with van der Waals surface area (Å²) in [6, 6.07) is 0.474. The fraction of sp³-hybridized carbons (Fsp3) is 1.00. The Morgan fingerprint density at radius 2 is 1.75 bits per heavy atom. The molecule has 2 nitrogen and oxygen atoms in total. The Balaban J connectivity index is 2.11. The van der Waals surface area contributed by atoms with Crippen LogP contribution in [0.5, 0.6) is 0 Å². The maximum absolute atomic E-state index is 8.97.